The van der Waals surface area contributed by atoms with E-state index in [0.29, 0.717) is 11.4 Å². The first-order valence-corrected chi connectivity index (χ1v) is 6.37. The summed E-state index contributed by atoms with van der Waals surface area (Å²) in [7, 11) is 1.72. The van der Waals surface area contributed by atoms with Crippen molar-refractivity contribution in [3.8, 4) is 0 Å². The summed E-state index contributed by atoms with van der Waals surface area (Å²) in [5.41, 5.74) is 2.27. The van der Waals surface area contributed by atoms with Gasteiger partial charge in [-0.25, -0.2) is 0 Å². The van der Waals surface area contributed by atoms with Crippen LogP contribution in [0.2, 0.25) is 0 Å². The van der Waals surface area contributed by atoms with E-state index < -0.39 is 4.92 Å². The monoisotopic (exact) mass is 321 g/mol. The molecule has 0 fully saturated rings. The van der Waals surface area contributed by atoms with Gasteiger partial charge in [0.15, 0.2) is 0 Å². The molecule has 0 atom stereocenters. The molecule has 0 radical (unpaired) electrons. The average Bonchev–Trinajstić information content (AvgIpc) is 2.41. The van der Waals surface area contributed by atoms with Crippen LogP contribution in [-0.4, -0.2) is 12.0 Å². The second-order valence-corrected chi connectivity index (χ2v) is 4.82. The lowest BCUT2D eigenvalue weighted by Crippen LogP contribution is -1.96. The van der Waals surface area contributed by atoms with Crippen molar-refractivity contribution in [1.82, 2.24) is 0 Å². The average molecular weight is 322 g/mol. The summed E-state index contributed by atoms with van der Waals surface area (Å²) in [6, 6.07) is 12.4. The van der Waals surface area contributed by atoms with Crippen LogP contribution in [0.3, 0.4) is 0 Å². The van der Waals surface area contributed by atoms with Gasteiger partial charge >= 0.3 is 0 Å². The highest BCUT2D eigenvalue weighted by molar-refractivity contribution is 9.10. The highest BCUT2D eigenvalue weighted by atomic mass is 79.9. The van der Waals surface area contributed by atoms with Crippen LogP contribution < -0.4 is 10.6 Å². The van der Waals surface area contributed by atoms with E-state index in [4.69, 9.17) is 0 Å². The topological polar surface area (TPSA) is 67.2 Å². The number of halogens is 1. The Kier molecular flexibility index (Phi) is 4.01. The number of non-ortho nitro benzene ring substituents is 1. The van der Waals surface area contributed by atoms with Crippen LogP contribution >= 0.6 is 15.9 Å². The summed E-state index contributed by atoms with van der Waals surface area (Å²) < 4.78 is 0.980. The van der Waals surface area contributed by atoms with E-state index in [0.717, 1.165) is 10.2 Å². The van der Waals surface area contributed by atoms with E-state index in [9.17, 15) is 10.1 Å². The van der Waals surface area contributed by atoms with E-state index >= 15 is 0 Å². The second-order valence-electron chi connectivity index (χ2n) is 3.91. The van der Waals surface area contributed by atoms with Crippen LogP contribution in [0.25, 0.3) is 0 Å². The van der Waals surface area contributed by atoms with E-state index in [2.05, 4.69) is 26.6 Å². The van der Waals surface area contributed by atoms with Gasteiger partial charge in [-0.1, -0.05) is 15.9 Å². The minimum absolute atomic E-state index is 0.0476. The lowest BCUT2D eigenvalue weighted by atomic mass is 10.2. The summed E-state index contributed by atoms with van der Waals surface area (Å²) in [6.07, 6.45) is 0. The molecule has 19 heavy (non-hydrogen) atoms. The zero-order valence-corrected chi connectivity index (χ0v) is 11.8. The van der Waals surface area contributed by atoms with Gasteiger partial charge in [0.05, 0.1) is 4.92 Å². The van der Waals surface area contributed by atoms with Crippen molar-refractivity contribution in [2.24, 2.45) is 0 Å². The van der Waals surface area contributed by atoms with Gasteiger partial charge in [-0.3, -0.25) is 10.1 Å². The van der Waals surface area contributed by atoms with E-state index in [1.807, 2.05) is 30.3 Å². The maximum atomic E-state index is 10.9. The zero-order valence-electron chi connectivity index (χ0n) is 10.2. The highest BCUT2D eigenvalue weighted by Crippen LogP contribution is 2.27. The highest BCUT2D eigenvalue weighted by Gasteiger charge is 2.09. The molecule has 2 rings (SSSR count). The summed E-state index contributed by atoms with van der Waals surface area (Å²) in [4.78, 5) is 10.5. The predicted molar refractivity (Wildman–Crippen MR) is 80.1 cm³/mol. The van der Waals surface area contributed by atoms with Crippen molar-refractivity contribution < 1.29 is 4.92 Å². The number of hydrogen-bond acceptors (Lipinski definition) is 4. The SMILES string of the molecule is CNc1cc(Nc2ccc(Br)cc2)cc([N+](=O)[O-])c1. The molecule has 0 saturated carbocycles. The molecule has 0 aliphatic rings. The Balaban J connectivity index is 2.31. The first-order chi connectivity index (χ1) is 9.08. The number of nitrogens with zero attached hydrogens (tertiary/aromatic N) is 1. The van der Waals surface area contributed by atoms with E-state index in [-0.39, 0.29) is 5.69 Å². The van der Waals surface area contributed by atoms with Gasteiger partial charge in [-0.15, -0.1) is 0 Å². The van der Waals surface area contributed by atoms with Crippen LogP contribution in [0.1, 0.15) is 0 Å². The van der Waals surface area contributed by atoms with Crippen LogP contribution in [-0.2, 0) is 0 Å². The Bertz CT molecular complexity index is 599. The molecule has 0 saturated heterocycles. The number of nitrogens with one attached hydrogen (secondary N) is 2. The number of benzene rings is 2. The molecule has 6 heteroatoms. The fraction of sp³-hybridized carbons (Fsp3) is 0.0769. The number of anilines is 3. The van der Waals surface area contributed by atoms with Crippen molar-refractivity contribution in [2.75, 3.05) is 17.7 Å². The van der Waals surface area contributed by atoms with Gasteiger partial charge in [0.1, 0.15) is 0 Å². The van der Waals surface area contributed by atoms with Gasteiger partial charge in [-0.2, -0.15) is 0 Å². The van der Waals surface area contributed by atoms with Crippen molar-refractivity contribution >= 4 is 38.7 Å². The standard InChI is InChI=1S/C13H12BrN3O2/c1-15-11-6-12(8-13(7-11)17(18)19)16-10-4-2-9(14)3-5-10/h2-8,15-16H,1H3. The van der Waals surface area contributed by atoms with Crippen molar-refractivity contribution in [3.05, 3.63) is 57.1 Å². The molecule has 2 aromatic carbocycles. The summed E-state index contributed by atoms with van der Waals surface area (Å²) in [6.45, 7) is 0. The summed E-state index contributed by atoms with van der Waals surface area (Å²) >= 11 is 3.36. The van der Waals surface area contributed by atoms with Gasteiger partial charge < -0.3 is 10.6 Å². The lowest BCUT2D eigenvalue weighted by molar-refractivity contribution is -0.384. The third-order valence-corrected chi connectivity index (χ3v) is 3.08. The van der Waals surface area contributed by atoms with Crippen LogP contribution in [0, 0.1) is 10.1 Å². The van der Waals surface area contributed by atoms with Gasteiger partial charge in [0.25, 0.3) is 5.69 Å². The van der Waals surface area contributed by atoms with Gasteiger partial charge in [-0.05, 0) is 30.3 Å². The number of nitro benzene ring substituents is 1. The molecular formula is C13H12BrN3O2. The molecule has 0 spiro atoms. The molecule has 98 valence electrons. The number of nitro groups is 1. The Labute approximate surface area is 118 Å². The summed E-state index contributed by atoms with van der Waals surface area (Å²) in [5, 5.41) is 16.9. The van der Waals surface area contributed by atoms with Crippen molar-refractivity contribution in [3.63, 3.8) is 0 Å². The minimum Gasteiger partial charge on any atom is -0.388 e. The third kappa shape index (κ3) is 3.45. The molecule has 0 aliphatic heterocycles. The molecule has 0 amide bonds. The third-order valence-electron chi connectivity index (χ3n) is 2.55. The van der Waals surface area contributed by atoms with Gasteiger partial charge in [0, 0.05) is 40.7 Å². The number of rotatable bonds is 4. The van der Waals surface area contributed by atoms with Crippen LogP contribution in [0.15, 0.2) is 46.9 Å². The quantitative estimate of drug-likeness (QED) is 0.656. The fourth-order valence-electron chi connectivity index (χ4n) is 1.63. The molecule has 0 heterocycles. The molecular weight excluding hydrogens is 310 g/mol. The second kappa shape index (κ2) is 5.71. The maximum absolute atomic E-state index is 10.9. The fourth-order valence-corrected chi connectivity index (χ4v) is 1.90. The van der Waals surface area contributed by atoms with Gasteiger partial charge in [0.2, 0.25) is 0 Å². The molecule has 0 aromatic heterocycles. The first-order valence-electron chi connectivity index (χ1n) is 5.58. The number of hydrogen-bond donors (Lipinski definition) is 2. The van der Waals surface area contributed by atoms with E-state index in [1.165, 1.54) is 12.1 Å². The normalized spacial score (nSPS) is 10.0. The smallest absolute Gasteiger partial charge is 0.273 e. The van der Waals surface area contributed by atoms with Crippen molar-refractivity contribution in [2.45, 2.75) is 0 Å². The molecule has 2 aromatic rings. The Morgan fingerprint density at radius 1 is 1.05 bits per heavy atom. The summed E-state index contributed by atoms with van der Waals surface area (Å²) in [5.74, 6) is 0. The lowest BCUT2D eigenvalue weighted by Gasteiger charge is -2.08. The van der Waals surface area contributed by atoms with Crippen LogP contribution in [0.5, 0.6) is 0 Å². The Morgan fingerprint density at radius 3 is 2.26 bits per heavy atom. The Hall–Kier alpha value is -2.08. The molecule has 0 aliphatic carbocycles. The minimum atomic E-state index is -0.409. The largest absolute Gasteiger partial charge is 0.388 e. The zero-order chi connectivity index (χ0) is 13.8. The Morgan fingerprint density at radius 2 is 1.68 bits per heavy atom. The van der Waals surface area contributed by atoms with Crippen LogP contribution in [0.4, 0.5) is 22.7 Å². The molecule has 2 N–H and O–H groups in total. The molecule has 0 unspecified atom stereocenters. The molecule has 5 nitrogen and oxygen atoms in total. The predicted octanol–water partition coefficient (Wildman–Crippen LogP) is 4.14. The van der Waals surface area contributed by atoms with E-state index in [1.54, 1.807) is 7.05 Å². The molecule has 0 bridgehead atoms. The van der Waals surface area contributed by atoms with Crippen molar-refractivity contribution in [1.29, 1.82) is 0 Å². The first kappa shape index (κ1) is 13.4. The maximum Gasteiger partial charge on any atom is 0.273 e.